The number of likely N-dealkylation sites (tertiary alicyclic amines) is 1. The summed E-state index contributed by atoms with van der Waals surface area (Å²) in [7, 11) is 1.29. The van der Waals surface area contributed by atoms with Gasteiger partial charge in [0, 0.05) is 57.2 Å². The first-order valence-corrected chi connectivity index (χ1v) is 12.0. The number of esters is 1. The maximum absolute atomic E-state index is 12.9. The molecule has 1 saturated heterocycles. The van der Waals surface area contributed by atoms with Crippen molar-refractivity contribution in [3.8, 4) is 5.75 Å². The van der Waals surface area contributed by atoms with E-state index < -0.39 is 5.97 Å². The van der Waals surface area contributed by atoms with Crippen molar-refractivity contribution >= 4 is 17.8 Å². The molecule has 9 heteroatoms. The molecular formula is C26H31N3O6. The topological polar surface area (TPSA) is 98.2 Å². The van der Waals surface area contributed by atoms with Gasteiger partial charge in [-0.1, -0.05) is 30.3 Å². The van der Waals surface area contributed by atoms with Crippen LogP contribution in [0.25, 0.3) is 0 Å². The average Bonchev–Trinajstić information content (AvgIpc) is 3.14. The number of amides is 2. The zero-order chi connectivity index (χ0) is 24.8. The van der Waals surface area contributed by atoms with Crippen molar-refractivity contribution in [2.24, 2.45) is 0 Å². The van der Waals surface area contributed by atoms with Crippen LogP contribution in [0, 0.1) is 0 Å². The number of ether oxygens (including phenoxy) is 2. The van der Waals surface area contributed by atoms with Gasteiger partial charge in [0.2, 0.25) is 11.8 Å². The van der Waals surface area contributed by atoms with Gasteiger partial charge >= 0.3 is 5.97 Å². The summed E-state index contributed by atoms with van der Waals surface area (Å²) in [4.78, 5) is 53.8. The summed E-state index contributed by atoms with van der Waals surface area (Å²) < 4.78 is 12.4. The van der Waals surface area contributed by atoms with Crippen LogP contribution in [0.5, 0.6) is 5.75 Å². The van der Waals surface area contributed by atoms with Gasteiger partial charge in [-0.25, -0.2) is 4.79 Å². The number of carbonyl (C=O) groups is 3. The maximum atomic E-state index is 12.9. The molecule has 0 bridgehead atoms. The molecule has 0 unspecified atom stereocenters. The lowest BCUT2D eigenvalue weighted by molar-refractivity contribution is -0.131. The lowest BCUT2D eigenvalue weighted by atomic mass is 10.1. The molecule has 1 aromatic carbocycles. The molecule has 186 valence electrons. The first-order valence-electron chi connectivity index (χ1n) is 12.0. The minimum Gasteiger partial charge on any atom is -0.491 e. The minimum atomic E-state index is -0.593. The first kappa shape index (κ1) is 24.5. The van der Waals surface area contributed by atoms with Crippen LogP contribution >= 0.6 is 0 Å². The molecule has 0 atom stereocenters. The fraction of sp³-hybridized carbons (Fsp3) is 0.462. The lowest BCUT2D eigenvalue weighted by Crippen LogP contribution is -2.34. The standard InChI is InChI=1S/C26H31N3O6/c1-34-26(33)25-20-11-13-28(23(31)10-9-19-6-3-2-4-7-19)14-15-29(20)24(32)18-21(25)35-17-16-27-12-5-8-22(27)30/h2-4,6-7,18H,5,8-17H2,1H3. The zero-order valence-corrected chi connectivity index (χ0v) is 20.0. The van der Waals surface area contributed by atoms with E-state index in [1.165, 1.54) is 17.7 Å². The molecule has 0 N–H and O–H groups in total. The molecule has 1 fully saturated rings. The number of carbonyl (C=O) groups excluding carboxylic acids is 3. The third-order valence-electron chi connectivity index (χ3n) is 6.60. The molecule has 0 radical (unpaired) electrons. The van der Waals surface area contributed by atoms with Crippen LogP contribution in [-0.4, -0.2) is 72.0 Å². The third kappa shape index (κ3) is 5.72. The number of aryl methyl sites for hydroxylation is 1. The highest BCUT2D eigenvalue weighted by Gasteiger charge is 2.28. The largest absolute Gasteiger partial charge is 0.491 e. The second-order valence-electron chi connectivity index (χ2n) is 8.76. The molecule has 2 aliphatic rings. The van der Waals surface area contributed by atoms with Crippen LogP contribution in [0.3, 0.4) is 0 Å². The molecule has 0 saturated carbocycles. The number of benzene rings is 1. The van der Waals surface area contributed by atoms with Crippen molar-refractivity contribution in [2.45, 2.75) is 38.6 Å². The fourth-order valence-corrected chi connectivity index (χ4v) is 4.69. The van der Waals surface area contributed by atoms with E-state index in [-0.39, 0.29) is 41.8 Å². The summed E-state index contributed by atoms with van der Waals surface area (Å²) in [5, 5.41) is 0. The predicted molar refractivity (Wildman–Crippen MR) is 128 cm³/mol. The van der Waals surface area contributed by atoms with Crippen molar-refractivity contribution in [3.63, 3.8) is 0 Å². The number of pyridine rings is 1. The highest BCUT2D eigenvalue weighted by Crippen LogP contribution is 2.24. The number of aromatic nitrogens is 1. The van der Waals surface area contributed by atoms with Gasteiger partial charge in [-0.3, -0.25) is 14.4 Å². The van der Waals surface area contributed by atoms with Gasteiger partial charge < -0.3 is 23.8 Å². The Morgan fingerprint density at radius 2 is 1.80 bits per heavy atom. The quantitative estimate of drug-likeness (QED) is 0.532. The maximum Gasteiger partial charge on any atom is 0.343 e. The molecule has 1 aromatic heterocycles. The second kappa shape index (κ2) is 11.2. The van der Waals surface area contributed by atoms with Gasteiger partial charge in [0.25, 0.3) is 5.56 Å². The molecule has 35 heavy (non-hydrogen) atoms. The minimum absolute atomic E-state index is 0.0149. The molecule has 3 heterocycles. The molecule has 2 amide bonds. The number of nitrogens with zero attached hydrogens (tertiary/aromatic N) is 3. The highest BCUT2D eigenvalue weighted by molar-refractivity contribution is 5.93. The monoisotopic (exact) mass is 481 g/mol. The smallest absolute Gasteiger partial charge is 0.343 e. The Morgan fingerprint density at radius 3 is 2.51 bits per heavy atom. The van der Waals surface area contributed by atoms with Gasteiger partial charge in [0.05, 0.1) is 13.7 Å². The van der Waals surface area contributed by atoms with Gasteiger partial charge in [-0.15, -0.1) is 0 Å². The van der Waals surface area contributed by atoms with Crippen molar-refractivity contribution in [2.75, 3.05) is 39.9 Å². The number of fused-ring (bicyclic) bond motifs is 1. The van der Waals surface area contributed by atoms with E-state index in [1.54, 1.807) is 9.80 Å². The van der Waals surface area contributed by atoms with Crippen LogP contribution in [0.2, 0.25) is 0 Å². The zero-order valence-electron chi connectivity index (χ0n) is 20.0. The molecule has 0 aliphatic carbocycles. The Balaban J connectivity index is 1.48. The summed E-state index contributed by atoms with van der Waals surface area (Å²) in [6, 6.07) is 11.1. The van der Waals surface area contributed by atoms with Crippen LogP contribution in [0.1, 0.15) is 40.9 Å². The number of hydrogen-bond donors (Lipinski definition) is 0. The number of rotatable bonds is 8. The van der Waals surface area contributed by atoms with E-state index in [0.717, 1.165) is 12.0 Å². The van der Waals surface area contributed by atoms with Crippen molar-refractivity contribution < 1.29 is 23.9 Å². The van der Waals surface area contributed by atoms with Crippen LogP contribution < -0.4 is 10.3 Å². The lowest BCUT2D eigenvalue weighted by Gasteiger charge is -2.20. The van der Waals surface area contributed by atoms with Gasteiger partial charge in [0.1, 0.15) is 17.9 Å². The summed E-state index contributed by atoms with van der Waals surface area (Å²) in [6.45, 7) is 2.32. The van der Waals surface area contributed by atoms with E-state index in [9.17, 15) is 19.2 Å². The average molecular weight is 482 g/mol. The number of methoxy groups -OCH3 is 1. The van der Waals surface area contributed by atoms with Crippen LogP contribution in [0.15, 0.2) is 41.2 Å². The van der Waals surface area contributed by atoms with E-state index >= 15 is 0 Å². The van der Waals surface area contributed by atoms with Crippen molar-refractivity contribution in [1.29, 1.82) is 0 Å². The van der Waals surface area contributed by atoms with Gasteiger partial charge in [-0.05, 0) is 18.4 Å². The fourth-order valence-electron chi connectivity index (χ4n) is 4.69. The van der Waals surface area contributed by atoms with Crippen LogP contribution in [-0.2, 0) is 33.7 Å². The molecule has 9 nitrogen and oxygen atoms in total. The molecular weight excluding hydrogens is 450 g/mol. The Kier molecular flexibility index (Phi) is 7.84. The van der Waals surface area contributed by atoms with Crippen molar-refractivity contribution in [3.05, 3.63) is 63.6 Å². The predicted octanol–water partition coefficient (Wildman–Crippen LogP) is 1.65. The summed E-state index contributed by atoms with van der Waals surface area (Å²) in [6.07, 6.45) is 2.72. The van der Waals surface area contributed by atoms with Crippen LogP contribution in [0.4, 0.5) is 0 Å². The van der Waals surface area contributed by atoms with E-state index in [0.29, 0.717) is 57.6 Å². The van der Waals surface area contributed by atoms with Crippen molar-refractivity contribution in [1.82, 2.24) is 14.4 Å². The molecule has 2 aromatic rings. The first-order chi connectivity index (χ1) is 17.0. The second-order valence-corrected chi connectivity index (χ2v) is 8.76. The van der Waals surface area contributed by atoms with Gasteiger partial charge in [-0.2, -0.15) is 0 Å². The summed E-state index contributed by atoms with van der Waals surface area (Å²) in [5.74, 6) is -0.338. The Labute approximate surface area is 204 Å². The number of hydrogen-bond acceptors (Lipinski definition) is 6. The third-order valence-corrected chi connectivity index (χ3v) is 6.60. The molecule has 2 aliphatic heterocycles. The normalized spacial score (nSPS) is 15.5. The van der Waals surface area contributed by atoms with Gasteiger partial charge in [0.15, 0.2) is 0 Å². The Bertz CT molecular complexity index is 1140. The Morgan fingerprint density at radius 1 is 1.00 bits per heavy atom. The van der Waals surface area contributed by atoms with E-state index in [1.807, 2.05) is 30.3 Å². The van der Waals surface area contributed by atoms with E-state index in [2.05, 4.69) is 0 Å². The summed E-state index contributed by atoms with van der Waals surface area (Å²) in [5.41, 5.74) is 1.52. The highest BCUT2D eigenvalue weighted by atomic mass is 16.5. The summed E-state index contributed by atoms with van der Waals surface area (Å²) >= 11 is 0. The van der Waals surface area contributed by atoms with E-state index in [4.69, 9.17) is 9.47 Å². The molecule has 4 rings (SSSR count). The SMILES string of the molecule is COC(=O)c1c(OCCN2CCCC2=O)cc(=O)n2c1CCN(C(=O)CCc1ccccc1)CC2. The molecule has 0 spiro atoms. The Hall–Kier alpha value is -3.62.